The molecule has 0 saturated heterocycles. The molecule has 156 valence electrons. The first-order valence-electron chi connectivity index (χ1n) is 9.23. The minimum atomic E-state index is -3.76. The molecule has 0 unspecified atom stereocenters. The van der Waals surface area contributed by atoms with Crippen LogP contribution in [-0.4, -0.2) is 30.4 Å². The van der Waals surface area contributed by atoms with Gasteiger partial charge in [0, 0.05) is 31.6 Å². The molecule has 2 aromatic carbocycles. The molecule has 0 radical (unpaired) electrons. The molecular formula is C21H21ClN4O3S. The molecule has 0 aliphatic heterocycles. The van der Waals surface area contributed by atoms with Crippen LogP contribution in [0.1, 0.15) is 12.0 Å². The molecule has 0 spiro atoms. The molecule has 0 bridgehead atoms. The molecule has 2 N–H and O–H groups in total. The molecule has 1 heterocycles. The number of rotatable bonds is 9. The highest BCUT2D eigenvalue weighted by molar-refractivity contribution is 7.92. The average molecular weight is 445 g/mol. The van der Waals surface area contributed by atoms with Gasteiger partial charge in [-0.15, -0.1) is 0 Å². The van der Waals surface area contributed by atoms with E-state index in [1.165, 1.54) is 18.2 Å². The SMILES string of the molecule is O=C(/C=C/c1ccc(S(=O)(=O)Nc2ccccc2Cl)cc1)NCCCn1ccnc1. The molecule has 3 aromatic rings. The molecule has 3 rings (SSSR count). The van der Waals surface area contributed by atoms with Crippen molar-refractivity contribution < 1.29 is 13.2 Å². The van der Waals surface area contributed by atoms with Gasteiger partial charge in [0.1, 0.15) is 0 Å². The summed E-state index contributed by atoms with van der Waals surface area (Å²) in [6.45, 7) is 1.33. The van der Waals surface area contributed by atoms with E-state index in [0.29, 0.717) is 22.8 Å². The number of hydrogen-bond donors (Lipinski definition) is 2. The van der Waals surface area contributed by atoms with Gasteiger partial charge in [0.05, 0.1) is 21.9 Å². The van der Waals surface area contributed by atoms with Gasteiger partial charge >= 0.3 is 0 Å². The maximum absolute atomic E-state index is 12.5. The molecule has 0 saturated carbocycles. The van der Waals surface area contributed by atoms with E-state index in [1.54, 1.807) is 55.0 Å². The van der Waals surface area contributed by atoms with Gasteiger partial charge in [-0.25, -0.2) is 13.4 Å². The van der Waals surface area contributed by atoms with E-state index >= 15 is 0 Å². The van der Waals surface area contributed by atoms with Crippen LogP contribution in [0.25, 0.3) is 6.08 Å². The second-order valence-corrected chi connectivity index (χ2v) is 8.52. The second kappa shape index (κ2) is 10.1. The summed E-state index contributed by atoms with van der Waals surface area (Å²) in [6.07, 6.45) is 9.16. The monoisotopic (exact) mass is 444 g/mol. The van der Waals surface area contributed by atoms with Crippen LogP contribution in [-0.2, 0) is 21.4 Å². The number of carbonyl (C=O) groups is 1. The number of sulfonamides is 1. The summed E-state index contributed by atoms with van der Waals surface area (Å²) in [4.78, 5) is 16.0. The molecule has 0 aliphatic carbocycles. The van der Waals surface area contributed by atoms with E-state index in [4.69, 9.17) is 11.6 Å². The zero-order valence-electron chi connectivity index (χ0n) is 16.0. The van der Waals surface area contributed by atoms with Crippen LogP contribution in [0, 0.1) is 0 Å². The Hall–Kier alpha value is -3.10. The lowest BCUT2D eigenvalue weighted by molar-refractivity contribution is -0.116. The fraction of sp³-hybridized carbons (Fsp3) is 0.143. The lowest BCUT2D eigenvalue weighted by Crippen LogP contribution is -2.22. The van der Waals surface area contributed by atoms with E-state index in [1.807, 2.05) is 10.8 Å². The van der Waals surface area contributed by atoms with Crippen molar-refractivity contribution in [2.75, 3.05) is 11.3 Å². The predicted octanol–water partition coefficient (Wildman–Crippen LogP) is 3.56. The first kappa shape index (κ1) is 21.6. The van der Waals surface area contributed by atoms with Gasteiger partial charge in [0.15, 0.2) is 0 Å². The summed E-state index contributed by atoms with van der Waals surface area (Å²) in [5, 5.41) is 3.12. The number of nitrogens with zero attached hydrogens (tertiary/aromatic N) is 2. The van der Waals surface area contributed by atoms with Crippen molar-refractivity contribution in [3.05, 3.63) is 83.9 Å². The molecule has 0 aliphatic rings. The van der Waals surface area contributed by atoms with Crippen LogP contribution in [0.2, 0.25) is 5.02 Å². The fourth-order valence-electron chi connectivity index (χ4n) is 2.63. The third-order valence-corrected chi connectivity index (χ3v) is 5.90. The second-order valence-electron chi connectivity index (χ2n) is 6.43. The Morgan fingerprint density at radius 2 is 1.90 bits per heavy atom. The Morgan fingerprint density at radius 3 is 2.60 bits per heavy atom. The van der Waals surface area contributed by atoms with Crippen LogP contribution in [0.5, 0.6) is 0 Å². The molecule has 30 heavy (non-hydrogen) atoms. The Morgan fingerprint density at radius 1 is 1.13 bits per heavy atom. The number of anilines is 1. The lowest BCUT2D eigenvalue weighted by atomic mass is 10.2. The number of aryl methyl sites for hydroxylation is 1. The summed E-state index contributed by atoms with van der Waals surface area (Å²) in [5.41, 5.74) is 1.02. The van der Waals surface area contributed by atoms with Crippen molar-refractivity contribution in [2.24, 2.45) is 0 Å². The number of para-hydroxylation sites is 1. The number of benzene rings is 2. The van der Waals surface area contributed by atoms with Gasteiger partial charge in [-0.2, -0.15) is 0 Å². The van der Waals surface area contributed by atoms with Gasteiger partial charge in [0.2, 0.25) is 5.91 Å². The summed E-state index contributed by atoms with van der Waals surface area (Å²) >= 11 is 6.01. The third kappa shape index (κ3) is 6.20. The van der Waals surface area contributed by atoms with Crippen LogP contribution in [0.4, 0.5) is 5.69 Å². The molecule has 1 amide bonds. The highest BCUT2D eigenvalue weighted by Gasteiger charge is 2.15. The molecular weight excluding hydrogens is 424 g/mol. The van der Waals surface area contributed by atoms with E-state index in [-0.39, 0.29) is 10.8 Å². The Bertz CT molecular complexity index is 1110. The highest BCUT2D eigenvalue weighted by atomic mass is 35.5. The van der Waals surface area contributed by atoms with Crippen LogP contribution < -0.4 is 10.0 Å². The topological polar surface area (TPSA) is 93.1 Å². The highest BCUT2D eigenvalue weighted by Crippen LogP contribution is 2.24. The summed E-state index contributed by atoms with van der Waals surface area (Å²) < 4.78 is 29.4. The van der Waals surface area contributed by atoms with E-state index < -0.39 is 10.0 Å². The fourth-order valence-corrected chi connectivity index (χ4v) is 3.95. The molecule has 1 aromatic heterocycles. The number of aromatic nitrogens is 2. The maximum Gasteiger partial charge on any atom is 0.261 e. The van der Waals surface area contributed by atoms with Gasteiger partial charge in [-0.3, -0.25) is 9.52 Å². The van der Waals surface area contributed by atoms with Gasteiger partial charge in [-0.05, 0) is 42.3 Å². The Balaban J connectivity index is 1.52. The smallest absolute Gasteiger partial charge is 0.261 e. The predicted molar refractivity (Wildman–Crippen MR) is 118 cm³/mol. The first-order chi connectivity index (χ1) is 14.4. The number of imidazole rings is 1. The zero-order chi connectivity index (χ0) is 21.4. The normalized spacial score (nSPS) is 11.5. The van der Waals surface area contributed by atoms with E-state index in [2.05, 4.69) is 15.0 Å². The van der Waals surface area contributed by atoms with Crippen molar-refractivity contribution in [1.82, 2.24) is 14.9 Å². The summed E-state index contributed by atoms with van der Waals surface area (Å²) in [6, 6.07) is 12.8. The number of nitrogens with one attached hydrogen (secondary N) is 2. The van der Waals surface area contributed by atoms with Crippen molar-refractivity contribution in [3.8, 4) is 0 Å². The molecule has 0 fully saturated rings. The Labute approximate surface area is 180 Å². The summed E-state index contributed by atoms with van der Waals surface area (Å²) in [5.74, 6) is -0.210. The van der Waals surface area contributed by atoms with Crippen molar-refractivity contribution in [1.29, 1.82) is 0 Å². The molecule has 7 nitrogen and oxygen atoms in total. The zero-order valence-corrected chi connectivity index (χ0v) is 17.6. The standard InChI is InChI=1S/C21H21ClN4O3S/c22-19-4-1-2-5-20(19)25-30(28,29)18-9-6-17(7-10-18)8-11-21(27)24-12-3-14-26-15-13-23-16-26/h1-2,4-11,13,15-16,25H,3,12,14H2,(H,24,27)/b11-8+. The van der Waals surface area contributed by atoms with Gasteiger partial charge in [-0.1, -0.05) is 35.9 Å². The minimum Gasteiger partial charge on any atom is -0.352 e. The molecule has 9 heteroatoms. The third-order valence-electron chi connectivity index (χ3n) is 4.19. The lowest BCUT2D eigenvalue weighted by Gasteiger charge is -2.09. The van der Waals surface area contributed by atoms with Crippen LogP contribution in [0.15, 0.2) is 78.2 Å². The summed E-state index contributed by atoms with van der Waals surface area (Å²) in [7, 11) is -3.76. The van der Waals surface area contributed by atoms with Crippen LogP contribution >= 0.6 is 11.6 Å². The molecule has 0 atom stereocenters. The minimum absolute atomic E-state index is 0.100. The van der Waals surface area contributed by atoms with E-state index in [0.717, 1.165) is 13.0 Å². The largest absolute Gasteiger partial charge is 0.352 e. The number of amides is 1. The van der Waals surface area contributed by atoms with Gasteiger partial charge < -0.3 is 9.88 Å². The van der Waals surface area contributed by atoms with Crippen molar-refractivity contribution >= 4 is 39.3 Å². The number of halogens is 1. The number of carbonyl (C=O) groups excluding carboxylic acids is 1. The van der Waals surface area contributed by atoms with Crippen LogP contribution in [0.3, 0.4) is 0 Å². The van der Waals surface area contributed by atoms with Crippen molar-refractivity contribution in [2.45, 2.75) is 17.9 Å². The average Bonchev–Trinajstić information content (AvgIpc) is 3.25. The Kier molecular flexibility index (Phi) is 7.26. The number of hydrogen-bond acceptors (Lipinski definition) is 4. The van der Waals surface area contributed by atoms with Crippen molar-refractivity contribution in [3.63, 3.8) is 0 Å². The quantitative estimate of drug-likeness (QED) is 0.390. The van der Waals surface area contributed by atoms with E-state index in [9.17, 15) is 13.2 Å². The first-order valence-corrected chi connectivity index (χ1v) is 11.1. The maximum atomic E-state index is 12.5. The van der Waals surface area contributed by atoms with Gasteiger partial charge in [0.25, 0.3) is 10.0 Å².